The average molecular weight is 185 g/mol. The SMILES string of the molecule is CC.COC(=O)Cc1cn(C)nn1. The highest BCUT2D eigenvalue weighted by Crippen LogP contribution is 1.93. The fraction of sp³-hybridized carbons (Fsp3) is 0.625. The Hall–Kier alpha value is -1.39. The van der Waals surface area contributed by atoms with Crippen LogP contribution in [0, 0.1) is 0 Å². The number of hydrogen-bond donors (Lipinski definition) is 0. The van der Waals surface area contributed by atoms with Crippen LogP contribution in [-0.2, 0) is 23.0 Å². The van der Waals surface area contributed by atoms with E-state index in [4.69, 9.17) is 0 Å². The summed E-state index contributed by atoms with van der Waals surface area (Å²) in [7, 11) is 3.09. The molecule has 1 rings (SSSR count). The molecule has 1 aromatic rings. The standard InChI is InChI=1S/C6H9N3O2.C2H6/c1-9-4-5(7-8-9)3-6(10)11-2;1-2/h4H,3H2,1-2H3;1-2H3. The number of rotatable bonds is 2. The van der Waals surface area contributed by atoms with E-state index in [0.717, 1.165) is 0 Å². The third kappa shape index (κ3) is 4.25. The lowest BCUT2D eigenvalue weighted by molar-refractivity contribution is -0.139. The van der Waals surface area contributed by atoms with E-state index in [1.807, 2.05) is 13.8 Å². The van der Waals surface area contributed by atoms with Gasteiger partial charge in [0.15, 0.2) is 0 Å². The Morgan fingerprint density at radius 2 is 2.23 bits per heavy atom. The van der Waals surface area contributed by atoms with Crippen LogP contribution in [0.2, 0.25) is 0 Å². The van der Waals surface area contributed by atoms with Gasteiger partial charge in [0, 0.05) is 13.2 Å². The zero-order chi connectivity index (χ0) is 10.3. The molecule has 0 saturated heterocycles. The minimum absolute atomic E-state index is 0.185. The van der Waals surface area contributed by atoms with E-state index in [9.17, 15) is 4.79 Å². The fourth-order valence-corrected chi connectivity index (χ4v) is 0.696. The average Bonchev–Trinajstić information content (AvgIpc) is 2.54. The Morgan fingerprint density at radius 3 is 2.62 bits per heavy atom. The van der Waals surface area contributed by atoms with Crippen molar-refractivity contribution in [1.29, 1.82) is 0 Å². The number of hydrogen-bond acceptors (Lipinski definition) is 4. The van der Waals surface area contributed by atoms with Crippen LogP contribution in [0.1, 0.15) is 19.5 Å². The van der Waals surface area contributed by atoms with Gasteiger partial charge in [0.2, 0.25) is 0 Å². The van der Waals surface area contributed by atoms with Crippen LogP contribution in [0.3, 0.4) is 0 Å². The Morgan fingerprint density at radius 1 is 1.62 bits per heavy atom. The molecular weight excluding hydrogens is 170 g/mol. The Balaban J connectivity index is 0.000000671. The highest BCUT2D eigenvalue weighted by atomic mass is 16.5. The summed E-state index contributed by atoms with van der Waals surface area (Å²) in [4.78, 5) is 10.7. The van der Waals surface area contributed by atoms with Crippen molar-refractivity contribution in [1.82, 2.24) is 15.0 Å². The summed E-state index contributed by atoms with van der Waals surface area (Å²) < 4.78 is 5.99. The number of esters is 1. The van der Waals surface area contributed by atoms with E-state index in [0.29, 0.717) is 5.69 Å². The molecule has 0 radical (unpaired) electrons. The van der Waals surface area contributed by atoms with Crippen LogP contribution < -0.4 is 0 Å². The van der Waals surface area contributed by atoms with Crippen molar-refractivity contribution >= 4 is 5.97 Å². The summed E-state index contributed by atoms with van der Waals surface area (Å²) in [6.07, 6.45) is 1.86. The van der Waals surface area contributed by atoms with Gasteiger partial charge in [-0.05, 0) is 0 Å². The van der Waals surface area contributed by atoms with Crippen LogP contribution in [-0.4, -0.2) is 28.1 Å². The number of nitrogens with zero attached hydrogens (tertiary/aromatic N) is 3. The predicted octanol–water partition coefficient (Wildman–Crippen LogP) is 0.557. The van der Waals surface area contributed by atoms with Crippen molar-refractivity contribution in [3.8, 4) is 0 Å². The molecule has 0 bridgehead atoms. The van der Waals surface area contributed by atoms with E-state index < -0.39 is 0 Å². The first-order valence-electron chi connectivity index (χ1n) is 4.14. The summed E-state index contributed by atoms with van der Waals surface area (Å²) in [6.45, 7) is 4.00. The number of carbonyl (C=O) groups is 1. The van der Waals surface area contributed by atoms with Gasteiger partial charge < -0.3 is 4.74 Å². The van der Waals surface area contributed by atoms with Crippen LogP contribution in [0.15, 0.2) is 6.20 Å². The van der Waals surface area contributed by atoms with E-state index in [1.54, 1.807) is 13.2 Å². The molecule has 1 heterocycles. The Labute approximate surface area is 77.7 Å². The molecule has 1 aromatic heterocycles. The number of ether oxygens (including phenoxy) is 1. The second kappa shape index (κ2) is 6.16. The van der Waals surface area contributed by atoms with Gasteiger partial charge in [0.1, 0.15) is 0 Å². The molecule has 0 atom stereocenters. The van der Waals surface area contributed by atoms with E-state index >= 15 is 0 Å². The quantitative estimate of drug-likeness (QED) is 0.631. The van der Waals surface area contributed by atoms with Crippen molar-refractivity contribution < 1.29 is 9.53 Å². The molecule has 0 spiro atoms. The third-order valence-electron chi connectivity index (χ3n) is 1.20. The van der Waals surface area contributed by atoms with Gasteiger partial charge in [0.25, 0.3) is 0 Å². The summed E-state index contributed by atoms with van der Waals surface area (Å²) >= 11 is 0. The first kappa shape index (κ1) is 11.6. The molecule has 5 heteroatoms. The molecule has 0 amide bonds. The van der Waals surface area contributed by atoms with Gasteiger partial charge in [-0.1, -0.05) is 19.1 Å². The zero-order valence-corrected chi connectivity index (χ0v) is 8.44. The minimum atomic E-state index is -0.300. The van der Waals surface area contributed by atoms with E-state index in [2.05, 4.69) is 15.0 Å². The van der Waals surface area contributed by atoms with Crippen LogP contribution in [0.5, 0.6) is 0 Å². The highest BCUT2D eigenvalue weighted by Gasteiger charge is 2.04. The van der Waals surface area contributed by atoms with Crippen LogP contribution in [0.4, 0.5) is 0 Å². The summed E-state index contributed by atoms with van der Waals surface area (Å²) in [5.41, 5.74) is 0.624. The van der Waals surface area contributed by atoms with Crippen molar-refractivity contribution in [3.05, 3.63) is 11.9 Å². The van der Waals surface area contributed by atoms with E-state index in [-0.39, 0.29) is 12.4 Å². The second-order valence-electron chi connectivity index (χ2n) is 2.14. The van der Waals surface area contributed by atoms with Crippen molar-refractivity contribution in [2.75, 3.05) is 7.11 Å². The maximum Gasteiger partial charge on any atom is 0.311 e. The van der Waals surface area contributed by atoms with Crippen molar-refractivity contribution in [3.63, 3.8) is 0 Å². The summed E-state index contributed by atoms with van der Waals surface area (Å²) in [5.74, 6) is -0.300. The molecule has 0 N–H and O–H groups in total. The number of methoxy groups -OCH3 is 1. The lowest BCUT2D eigenvalue weighted by Crippen LogP contribution is -2.04. The van der Waals surface area contributed by atoms with Crippen LogP contribution in [0.25, 0.3) is 0 Å². The molecular formula is C8H15N3O2. The molecule has 5 nitrogen and oxygen atoms in total. The predicted molar refractivity (Wildman–Crippen MR) is 48.1 cm³/mol. The molecule has 74 valence electrons. The number of aromatic nitrogens is 3. The highest BCUT2D eigenvalue weighted by molar-refractivity contribution is 5.71. The maximum absolute atomic E-state index is 10.7. The van der Waals surface area contributed by atoms with Gasteiger partial charge in [-0.2, -0.15) is 0 Å². The normalized spacial score (nSPS) is 8.62. The fourth-order valence-electron chi connectivity index (χ4n) is 0.696. The van der Waals surface area contributed by atoms with Gasteiger partial charge in [-0.15, -0.1) is 5.10 Å². The third-order valence-corrected chi connectivity index (χ3v) is 1.20. The number of carbonyl (C=O) groups excluding carboxylic acids is 1. The van der Waals surface area contributed by atoms with Gasteiger partial charge in [-0.25, -0.2) is 0 Å². The largest absolute Gasteiger partial charge is 0.469 e. The first-order chi connectivity index (χ1) is 6.22. The number of aryl methyl sites for hydroxylation is 1. The maximum atomic E-state index is 10.7. The van der Waals surface area contributed by atoms with Gasteiger partial charge in [0.05, 0.1) is 19.2 Å². The van der Waals surface area contributed by atoms with Crippen LogP contribution >= 0.6 is 0 Å². The molecule has 0 saturated carbocycles. The smallest absolute Gasteiger partial charge is 0.311 e. The lowest BCUT2D eigenvalue weighted by atomic mass is 10.3. The molecule has 0 aliphatic rings. The summed E-state index contributed by atoms with van der Waals surface area (Å²) in [5, 5.41) is 7.38. The Bertz CT molecular complexity index is 258. The van der Waals surface area contributed by atoms with Crippen molar-refractivity contribution in [2.45, 2.75) is 20.3 Å². The molecule has 0 fully saturated rings. The molecule has 0 aromatic carbocycles. The summed E-state index contributed by atoms with van der Waals surface area (Å²) in [6, 6.07) is 0. The molecule has 13 heavy (non-hydrogen) atoms. The molecule has 0 unspecified atom stereocenters. The minimum Gasteiger partial charge on any atom is -0.469 e. The van der Waals surface area contributed by atoms with E-state index in [1.165, 1.54) is 11.8 Å². The monoisotopic (exact) mass is 185 g/mol. The lowest BCUT2D eigenvalue weighted by Gasteiger charge is -1.92. The van der Waals surface area contributed by atoms with Crippen molar-refractivity contribution in [2.24, 2.45) is 7.05 Å². The Kier molecular flexibility index (Phi) is 5.50. The zero-order valence-electron chi connectivity index (χ0n) is 8.44. The van der Waals surface area contributed by atoms with Gasteiger partial charge in [-0.3, -0.25) is 9.48 Å². The first-order valence-corrected chi connectivity index (χ1v) is 4.14. The van der Waals surface area contributed by atoms with Gasteiger partial charge >= 0.3 is 5.97 Å². The topological polar surface area (TPSA) is 57.0 Å². The molecule has 0 aliphatic heterocycles. The molecule has 0 aliphatic carbocycles. The second-order valence-corrected chi connectivity index (χ2v) is 2.14.